The molecule has 0 aromatic heterocycles. The fourth-order valence-corrected chi connectivity index (χ4v) is 0.884. The summed E-state index contributed by atoms with van der Waals surface area (Å²) in [6.45, 7) is 1.40. The molecule has 0 saturated heterocycles. The zero-order valence-corrected chi connectivity index (χ0v) is 6.58. The highest BCUT2D eigenvalue weighted by Gasteiger charge is 2.01. The summed E-state index contributed by atoms with van der Waals surface area (Å²) in [6, 6.07) is 5.55. The Balaban J connectivity index is 2.93. The molecule has 1 atom stereocenters. The minimum atomic E-state index is -1.24. The molecule has 12 heavy (non-hydrogen) atoms. The van der Waals surface area contributed by atoms with Crippen LogP contribution in [0.4, 0.5) is 4.39 Å². The Kier molecular flexibility index (Phi) is 2.43. The Morgan fingerprint density at radius 2 is 1.92 bits per heavy atom. The maximum Gasteiger partial charge on any atom is 0.122 e. The number of benzene rings is 1. The topological polar surface area (TPSA) is 40.1 Å². The third-order valence-corrected chi connectivity index (χ3v) is 1.61. The van der Waals surface area contributed by atoms with E-state index < -0.39 is 12.1 Å². The number of carboxylic acids is 1. The molecule has 0 amide bonds. The molecule has 0 saturated carbocycles. The third kappa shape index (κ3) is 1.81. The van der Waals surface area contributed by atoms with Crippen molar-refractivity contribution >= 4 is 5.97 Å². The van der Waals surface area contributed by atoms with E-state index in [9.17, 15) is 14.3 Å². The molecule has 1 unspecified atom stereocenters. The van der Waals surface area contributed by atoms with Crippen LogP contribution >= 0.6 is 0 Å². The van der Waals surface area contributed by atoms with Gasteiger partial charge in [-0.25, -0.2) is 4.39 Å². The monoisotopic (exact) mass is 167 g/mol. The van der Waals surface area contributed by atoms with Crippen molar-refractivity contribution in [2.75, 3.05) is 0 Å². The van der Waals surface area contributed by atoms with Crippen molar-refractivity contribution in [2.45, 2.75) is 13.1 Å². The summed E-state index contributed by atoms with van der Waals surface area (Å²) in [5.41, 5.74) is 0.541. The van der Waals surface area contributed by atoms with Gasteiger partial charge in [-0.05, 0) is 18.1 Å². The Labute approximate surface area is 69.6 Å². The van der Waals surface area contributed by atoms with Gasteiger partial charge in [-0.15, -0.1) is 0 Å². The number of aromatic carboxylic acids is 1. The smallest absolute Gasteiger partial charge is 0.122 e. The van der Waals surface area contributed by atoms with Gasteiger partial charge < -0.3 is 9.90 Å². The van der Waals surface area contributed by atoms with Gasteiger partial charge in [-0.2, -0.15) is 0 Å². The molecule has 1 rings (SSSR count). The van der Waals surface area contributed by atoms with Crippen LogP contribution in [-0.4, -0.2) is 5.97 Å². The zero-order valence-electron chi connectivity index (χ0n) is 6.58. The van der Waals surface area contributed by atoms with Gasteiger partial charge in [-0.3, -0.25) is 0 Å². The minimum Gasteiger partial charge on any atom is -0.545 e. The quantitative estimate of drug-likeness (QED) is 0.661. The van der Waals surface area contributed by atoms with Crippen LogP contribution < -0.4 is 5.11 Å². The molecule has 0 aliphatic carbocycles. The normalized spacial score (nSPS) is 12.5. The fourth-order valence-electron chi connectivity index (χ4n) is 0.884. The van der Waals surface area contributed by atoms with Crippen LogP contribution in [0.1, 0.15) is 29.0 Å². The average Bonchev–Trinajstić information content (AvgIpc) is 2.04. The van der Waals surface area contributed by atoms with E-state index in [2.05, 4.69) is 0 Å². The molecule has 0 heterocycles. The summed E-state index contributed by atoms with van der Waals surface area (Å²) in [6.07, 6.45) is -1.07. The molecule has 0 bridgehead atoms. The highest BCUT2D eigenvalue weighted by Crippen LogP contribution is 2.16. The lowest BCUT2D eigenvalue weighted by Gasteiger charge is -2.04. The molecule has 0 spiro atoms. The van der Waals surface area contributed by atoms with E-state index in [0.717, 1.165) is 0 Å². The Bertz CT molecular complexity index is 277. The first kappa shape index (κ1) is 8.71. The second-order valence-corrected chi connectivity index (χ2v) is 2.53. The molecule has 2 nitrogen and oxygen atoms in total. The molecule has 64 valence electrons. The molecule has 0 N–H and O–H groups in total. The van der Waals surface area contributed by atoms with Gasteiger partial charge in [0.05, 0.1) is 5.97 Å². The molecular formula is C9H8FO2-. The van der Waals surface area contributed by atoms with Gasteiger partial charge in [0, 0.05) is 0 Å². The Morgan fingerprint density at radius 3 is 2.25 bits per heavy atom. The molecule has 0 radical (unpaired) electrons. The van der Waals surface area contributed by atoms with Crippen LogP contribution in [0.25, 0.3) is 0 Å². The van der Waals surface area contributed by atoms with E-state index in [4.69, 9.17) is 0 Å². The van der Waals surface area contributed by atoms with Crippen LogP contribution in [0.3, 0.4) is 0 Å². The van der Waals surface area contributed by atoms with Crippen molar-refractivity contribution in [1.82, 2.24) is 0 Å². The van der Waals surface area contributed by atoms with Crippen LogP contribution in [0, 0.1) is 0 Å². The van der Waals surface area contributed by atoms with Crippen molar-refractivity contribution in [1.29, 1.82) is 0 Å². The van der Waals surface area contributed by atoms with E-state index in [1.54, 1.807) is 0 Å². The van der Waals surface area contributed by atoms with Gasteiger partial charge >= 0.3 is 0 Å². The zero-order chi connectivity index (χ0) is 9.14. The van der Waals surface area contributed by atoms with Gasteiger partial charge in [-0.1, -0.05) is 24.3 Å². The fraction of sp³-hybridized carbons (Fsp3) is 0.222. The number of carbonyl (C=O) groups is 1. The highest BCUT2D eigenvalue weighted by molar-refractivity contribution is 5.85. The summed E-state index contributed by atoms with van der Waals surface area (Å²) in [7, 11) is 0. The van der Waals surface area contributed by atoms with Crippen molar-refractivity contribution in [3.8, 4) is 0 Å². The SMILES string of the molecule is CC(F)c1ccc(C(=O)[O-])cc1. The lowest BCUT2D eigenvalue weighted by atomic mass is 10.1. The van der Waals surface area contributed by atoms with Gasteiger partial charge in [0.1, 0.15) is 6.17 Å². The van der Waals surface area contributed by atoms with E-state index in [1.165, 1.54) is 31.2 Å². The molecule has 3 heteroatoms. The van der Waals surface area contributed by atoms with Gasteiger partial charge in [0.25, 0.3) is 0 Å². The van der Waals surface area contributed by atoms with Crippen molar-refractivity contribution in [3.63, 3.8) is 0 Å². The van der Waals surface area contributed by atoms with Crippen molar-refractivity contribution < 1.29 is 14.3 Å². The maximum absolute atomic E-state index is 12.6. The number of carbonyl (C=O) groups excluding carboxylic acids is 1. The van der Waals surface area contributed by atoms with E-state index in [1.807, 2.05) is 0 Å². The first-order valence-corrected chi connectivity index (χ1v) is 3.56. The number of carboxylic acid groups (broad SMARTS) is 1. The third-order valence-electron chi connectivity index (χ3n) is 1.61. The predicted molar refractivity (Wildman–Crippen MR) is 40.3 cm³/mol. The van der Waals surface area contributed by atoms with E-state index in [-0.39, 0.29) is 5.56 Å². The number of halogens is 1. The summed E-state index contributed by atoms with van der Waals surface area (Å²) in [4.78, 5) is 10.3. The number of hydrogen-bond donors (Lipinski definition) is 0. The summed E-state index contributed by atoms with van der Waals surface area (Å²) < 4.78 is 12.6. The number of rotatable bonds is 2. The molecule has 0 aliphatic heterocycles. The van der Waals surface area contributed by atoms with Gasteiger partial charge in [0.2, 0.25) is 0 Å². The van der Waals surface area contributed by atoms with Gasteiger partial charge in [0.15, 0.2) is 0 Å². The first-order valence-electron chi connectivity index (χ1n) is 3.56. The summed E-state index contributed by atoms with van der Waals surface area (Å²) in [5.74, 6) is -1.24. The lowest BCUT2D eigenvalue weighted by Crippen LogP contribution is -2.21. The van der Waals surface area contributed by atoms with Crippen molar-refractivity contribution in [3.05, 3.63) is 35.4 Å². The summed E-state index contributed by atoms with van der Waals surface area (Å²) in [5, 5.41) is 10.3. The maximum atomic E-state index is 12.6. The van der Waals surface area contributed by atoms with Crippen LogP contribution in [0.2, 0.25) is 0 Å². The lowest BCUT2D eigenvalue weighted by molar-refractivity contribution is -0.255. The molecule has 0 aliphatic rings. The van der Waals surface area contributed by atoms with Crippen LogP contribution in [-0.2, 0) is 0 Å². The second-order valence-electron chi connectivity index (χ2n) is 2.53. The summed E-state index contributed by atoms with van der Waals surface area (Å²) >= 11 is 0. The predicted octanol–water partition coefficient (Wildman–Crippen LogP) is 1.08. The minimum absolute atomic E-state index is 0.0689. The Hall–Kier alpha value is -1.38. The van der Waals surface area contributed by atoms with Crippen molar-refractivity contribution in [2.24, 2.45) is 0 Å². The standard InChI is InChI=1S/C9H9FO2/c1-6(10)7-2-4-8(5-3-7)9(11)12/h2-6H,1H3,(H,11,12)/p-1. The first-order chi connectivity index (χ1) is 5.61. The number of alkyl halides is 1. The highest BCUT2D eigenvalue weighted by atomic mass is 19.1. The largest absolute Gasteiger partial charge is 0.545 e. The Morgan fingerprint density at radius 1 is 1.42 bits per heavy atom. The van der Waals surface area contributed by atoms with Crippen LogP contribution in [0.5, 0.6) is 0 Å². The molecule has 1 aromatic rings. The van der Waals surface area contributed by atoms with E-state index in [0.29, 0.717) is 5.56 Å². The molecule has 0 fully saturated rings. The van der Waals surface area contributed by atoms with E-state index >= 15 is 0 Å². The molecule has 1 aromatic carbocycles. The average molecular weight is 167 g/mol. The molecular weight excluding hydrogens is 159 g/mol. The second kappa shape index (κ2) is 3.34. The number of hydrogen-bond acceptors (Lipinski definition) is 2. The van der Waals surface area contributed by atoms with Crippen LogP contribution in [0.15, 0.2) is 24.3 Å².